The molecule has 0 bridgehead atoms. The third-order valence-corrected chi connectivity index (χ3v) is 4.08. The molecule has 5 heteroatoms. The Balaban J connectivity index is 1.71. The number of rotatable bonds is 6. The van der Waals surface area contributed by atoms with Crippen LogP contribution in [0.5, 0.6) is 0 Å². The van der Waals surface area contributed by atoms with E-state index in [4.69, 9.17) is 10.6 Å². The molecule has 2 unspecified atom stereocenters. The number of hydrazine groups is 1. The first-order valence-corrected chi connectivity index (χ1v) is 7.21. The molecule has 1 aromatic rings. The Hall–Kier alpha value is -0.490. The summed E-state index contributed by atoms with van der Waals surface area (Å²) < 4.78 is 5.73. The molecule has 96 valence electrons. The minimum absolute atomic E-state index is 0.334. The molecular formula is C12H21N3OS. The van der Waals surface area contributed by atoms with Crippen molar-refractivity contribution in [3.63, 3.8) is 0 Å². The summed E-state index contributed by atoms with van der Waals surface area (Å²) in [5.74, 6) is 5.60. The van der Waals surface area contributed by atoms with Gasteiger partial charge in [-0.3, -0.25) is 16.3 Å². The quantitative estimate of drug-likeness (QED) is 0.602. The molecule has 1 aliphatic rings. The highest BCUT2D eigenvalue weighted by molar-refractivity contribution is 7.09. The summed E-state index contributed by atoms with van der Waals surface area (Å²) in [4.78, 5) is 5.37. The number of aromatic nitrogens is 1. The van der Waals surface area contributed by atoms with E-state index in [0.717, 1.165) is 25.9 Å². The second-order valence-electron chi connectivity index (χ2n) is 4.60. The number of hydrogen-bond acceptors (Lipinski definition) is 5. The van der Waals surface area contributed by atoms with E-state index in [1.54, 1.807) is 11.3 Å². The molecule has 1 fully saturated rings. The van der Waals surface area contributed by atoms with Crippen molar-refractivity contribution >= 4 is 11.3 Å². The lowest BCUT2D eigenvalue weighted by atomic mass is 10.0. The normalized spacial score (nSPS) is 22.5. The standard InChI is InChI=1S/C12H21N3OS/c13-15-10(7-12-8-14-9-17-12)4-5-11-3-1-2-6-16-11/h8-11,15H,1-7,13H2. The van der Waals surface area contributed by atoms with Gasteiger partial charge in [0.2, 0.25) is 0 Å². The fourth-order valence-electron chi connectivity index (χ4n) is 2.25. The van der Waals surface area contributed by atoms with Crippen LogP contribution in [0.15, 0.2) is 11.7 Å². The molecule has 17 heavy (non-hydrogen) atoms. The first-order chi connectivity index (χ1) is 8.38. The van der Waals surface area contributed by atoms with E-state index < -0.39 is 0 Å². The second-order valence-corrected chi connectivity index (χ2v) is 5.57. The predicted molar refractivity (Wildman–Crippen MR) is 69.8 cm³/mol. The number of nitrogens with two attached hydrogens (primary N) is 1. The highest BCUT2D eigenvalue weighted by Gasteiger charge is 2.16. The third kappa shape index (κ3) is 4.35. The minimum Gasteiger partial charge on any atom is -0.378 e. The van der Waals surface area contributed by atoms with E-state index >= 15 is 0 Å². The SMILES string of the molecule is NNC(CCC1CCCCO1)Cc1cncs1. The Morgan fingerprint density at radius 3 is 3.18 bits per heavy atom. The third-order valence-electron chi connectivity index (χ3n) is 3.28. The van der Waals surface area contributed by atoms with Crippen LogP contribution in [-0.4, -0.2) is 23.7 Å². The number of hydrogen-bond donors (Lipinski definition) is 2. The molecule has 0 saturated carbocycles. The maximum absolute atomic E-state index is 5.73. The highest BCUT2D eigenvalue weighted by Crippen LogP contribution is 2.19. The van der Waals surface area contributed by atoms with Gasteiger partial charge in [-0.1, -0.05) is 0 Å². The van der Waals surface area contributed by atoms with Gasteiger partial charge in [0, 0.05) is 30.1 Å². The molecule has 4 nitrogen and oxygen atoms in total. The predicted octanol–water partition coefficient (Wildman–Crippen LogP) is 1.87. The van der Waals surface area contributed by atoms with Crippen LogP contribution in [0.2, 0.25) is 0 Å². The number of ether oxygens (including phenoxy) is 1. The van der Waals surface area contributed by atoms with Crippen molar-refractivity contribution in [2.75, 3.05) is 6.61 Å². The van der Waals surface area contributed by atoms with E-state index in [2.05, 4.69) is 10.4 Å². The average molecular weight is 255 g/mol. The monoisotopic (exact) mass is 255 g/mol. The van der Waals surface area contributed by atoms with Crippen LogP contribution in [0.25, 0.3) is 0 Å². The Bertz CT molecular complexity index is 299. The van der Waals surface area contributed by atoms with Crippen molar-refractivity contribution in [2.24, 2.45) is 5.84 Å². The topological polar surface area (TPSA) is 60.2 Å². The number of nitrogens with zero attached hydrogens (tertiary/aromatic N) is 1. The van der Waals surface area contributed by atoms with Crippen LogP contribution < -0.4 is 11.3 Å². The summed E-state index contributed by atoms with van der Waals surface area (Å²) in [6.45, 7) is 0.931. The number of nitrogens with one attached hydrogen (secondary N) is 1. The average Bonchev–Trinajstić information content (AvgIpc) is 2.88. The lowest BCUT2D eigenvalue weighted by Crippen LogP contribution is -2.37. The van der Waals surface area contributed by atoms with Gasteiger partial charge in [-0.05, 0) is 32.1 Å². The Kier molecular flexibility index (Phi) is 5.38. The summed E-state index contributed by atoms with van der Waals surface area (Å²) >= 11 is 1.69. The summed E-state index contributed by atoms with van der Waals surface area (Å²) in [6, 6.07) is 0.334. The first kappa shape index (κ1) is 13.0. The minimum atomic E-state index is 0.334. The van der Waals surface area contributed by atoms with Gasteiger partial charge >= 0.3 is 0 Å². The van der Waals surface area contributed by atoms with E-state index in [1.165, 1.54) is 24.1 Å². The van der Waals surface area contributed by atoms with Gasteiger partial charge in [0.1, 0.15) is 0 Å². The molecule has 0 amide bonds. The van der Waals surface area contributed by atoms with Crippen LogP contribution in [0.1, 0.15) is 37.0 Å². The fraction of sp³-hybridized carbons (Fsp3) is 0.750. The molecular weight excluding hydrogens is 234 g/mol. The van der Waals surface area contributed by atoms with Crippen LogP contribution in [0.3, 0.4) is 0 Å². The van der Waals surface area contributed by atoms with Crippen LogP contribution in [0, 0.1) is 0 Å². The Labute approximate surface area is 107 Å². The lowest BCUT2D eigenvalue weighted by molar-refractivity contribution is 0.00860. The summed E-state index contributed by atoms with van der Waals surface area (Å²) in [7, 11) is 0. The van der Waals surface area contributed by atoms with E-state index in [1.807, 2.05) is 11.7 Å². The van der Waals surface area contributed by atoms with Crippen molar-refractivity contribution in [3.8, 4) is 0 Å². The molecule has 0 aliphatic carbocycles. The van der Waals surface area contributed by atoms with Gasteiger partial charge in [0.05, 0.1) is 11.6 Å². The maximum Gasteiger partial charge on any atom is 0.0794 e. The maximum atomic E-state index is 5.73. The molecule has 2 rings (SSSR count). The smallest absolute Gasteiger partial charge is 0.0794 e. The Morgan fingerprint density at radius 1 is 1.59 bits per heavy atom. The fourth-order valence-corrected chi connectivity index (χ4v) is 2.93. The molecule has 3 N–H and O–H groups in total. The van der Waals surface area contributed by atoms with Crippen molar-refractivity contribution in [1.29, 1.82) is 0 Å². The van der Waals surface area contributed by atoms with Crippen LogP contribution in [-0.2, 0) is 11.2 Å². The molecule has 0 radical (unpaired) electrons. The van der Waals surface area contributed by atoms with E-state index in [0.29, 0.717) is 12.1 Å². The summed E-state index contributed by atoms with van der Waals surface area (Å²) in [5, 5.41) is 0. The number of thiazole rings is 1. The van der Waals surface area contributed by atoms with Crippen LogP contribution >= 0.6 is 11.3 Å². The molecule has 0 aromatic carbocycles. The van der Waals surface area contributed by atoms with Gasteiger partial charge in [0.15, 0.2) is 0 Å². The van der Waals surface area contributed by atoms with E-state index in [-0.39, 0.29) is 0 Å². The highest BCUT2D eigenvalue weighted by atomic mass is 32.1. The zero-order valence-electron chi connectivity index (χ0n) is 10.1. The molecule has 1 saturated heterocycles. The lowest BCUT2D eigenvalue weighted by Gasteiger charge is -2.24. The van der Waals surface area contributed by atoms with Gasteiger partial charge in [-0.15, -0.1) is 11.3 Å². The molecule has 2 heterocycles. The van der Waals surface area contributed by atoms with Crippen molar-refractivity contribution in [3.05, 3.63) is 16.6 Å². The van der Waals surface area contributed by atoms with E-state index in [9.17, 15) is 0 Å². The Morgan fingerprint density at radius 2 is 2.53 bits per heavy atom. The van der Waals surface area contributed by atoms with Crippen molar-refractivity contribution < 1.29 is 4.74 Å². The van der Waals surface area contributed by atoms with Gasteiger partial charge in [0.25, 0.3) is 0 Å². The zero-order valence-corrected chi connectivity index (χ0v) is 10.9. The molecule has 1 aliphatic heterocycles. The van der Waals surface area contributed by atoms with Crippen molar-refractivity contribution in [1.82, 2.24) is 10.4 Å². The first-order valence-electron chi connectivity index (χ1n) is 6.33. The molecule has 0 spiro atoms. The largest absolute Gasteiger partial charge is 0.378 e. The molecule has 1 aromatic heterocycles. The van der Waals surface area contributed by atoms with Gasteiger partial charge < -0.3 is 4.74 Å². The van der Waals surface area contributed by atoms with Gasteiger partial charge in [-0.2, -0.15) is 0 Å². The summed E-state index contributed by atoms with van der Waals surface area (Å²) in [6.07, 6.45) is 9.24. The zero-order chi connectivity index (χ0) is 11.9. The second kappa shape index (κ2) is 7.06. The summed E-state index contributed by atoms with van der Waals surface area (Å²) in [5.41, 5.74) is 4.77. The van der Waals surface area contributed by atoms with Crippen LogP contribution in [0.4, 0.5) is 0 Å². The van der Waals surface area contributed by atoms with Gasteiger partial charge in [-0.25, -0.2) is 0 Å². The van der Waals surface area contributed by atoms with Crippen molar-refractivity contribution in [2.45, 2.75) is 50.7 Å². The molecule has 2 atom stereocenters.